The van der Waals surface area contributed by atoms with E-state index in [1.165, 1.54) is 6.92 Å². The lowest BCUT2D eigenvalue weighted by Gasteiger charge is -2.07. The van der Waals surface area contributed by atoms with Crippen LogP contribution in [0.25, 0.3) is 10.8 Å². The first-order valence-electron chi connectivity index (χ1n) is 5.11. The fourth-order valence-electron chi connectivity index (χ4n) is 1.64. The van der Waals surface area contributed by atoms with Crippen LogP contribution in [-0.4, -0.2) is 11.1 Å². The van der Waals surface area contributed by atoms with E-state index in [0.717, 1.165) is 10.9 Å². The van der Waals surface area contributed by atoms with Crippen molar-refractivity contribution in [1.29, 1.82) is 0 Å². The van der Waals surface area contributed by atoms with E-state index in [9.17, 15) is 9.90 Å². The van der Waals surface area contributed by atoms with Crippen molar-refractivity contribution in [3.8, 4) is 5.75 Å². The van der Waals surface area contributed by atoms with Crippen molar-refractivity contribution in [2.75, 3.05) is 0 Å². The van der Waals surface area contributed by atoms with Crippen LogP contribution in [0.4, 0.5) is 0 Å². The van der Waals surface area contributed by atoms with Gasteiger partial charge in [-0.05, 0) is 35.2 Å². The second-order valence-corrected chi connectivity index (χ2v) is 4.20. The van der Waals surface area contributed by atoms with Gasteiger partial charge >= 0.3 is 5.97 Å². The number of carbonyl (C=O) groups is 1. The Morgan fingerprint density at radius 1 is 1.35 bits per heavy atom. The minimum atomic E-state index is -0.347. The van der Waals surface area contributed by atoms with E-state index in [0.29, 0.717) is 10.4 Å². The lowest BCUT2D eigenvalue weighted by atomic mass is 10.1. The van der Waals surface area contributed by atoms with Crippen molar-refractivity contribution in [3.05, 3.63) is 40.9 Å². The molecule has 4 heteroatoms. The Hall–Kier alpha value is -1.74. The van der Waals surface area contributed by atoms with Gasteiger partial charge in [0.15, 0.2) is 0 Å². The minimum Gasteiger partial charge on any atom is -0.507 e. The highest BCUT2D eigenvalue weighted by atomic mass is 35.5. The Bertz CT molecular complexity index is 578. The molecule has 2 rings (SSSR count). The molecule has 88 valence electrons. The summed E-state index contributed by atoms with van der Waals surface area (Å²) in [6.45, 7) is 1.50. The van der Waals surface area contributed by atoms with E-state index in [4.69, 9.17) is 16.3 Å². The molecule has 0 unspecified atom stereocenters. The van der Waals surface area contributed by atoms with Crippen LogP contribution in [0.5, 0.6) is 5.75 Å². The van der Waals surface area contributed by atoms with Gasteiger partial charge in [-0.3, -0.25) is 4.79 Å². The van der Waals surface area contributed by atoms with E-state index in [1.807, 2.05) is 12.1 Å². The van der Waals surface area contributed by atoms with Gasteiger partial charge in [0.1, 0.15) is 12.4 Å². The monoisotopic (exact) mass is 250 g/mol. The number of ether oxygens (including phenoxy) is 1. The summed E-state index contributed by atoms with van der Waals surface area (Å²) in [4.78, 5) is 10.7. The third-order valence-electron chi connectivity index (χ3n) is 2.40. The van der Waals surface area contributed by atoms with Gasteiger partial charge in [0.2, 0.25) is 0 Å². The SMILES string of the molecule is CC(=O)OCc1cc(O)c2cc(Cl)ccc2c1. The lowest BCUT2D eigenvalue weighted by molar-refractivity contribution is -0.142. The summed E-state index contributed by atoms with van der Waals surface area (Å²) < 4.78 is 4.88. The highest BCUT2D eigenvalue weighted by molar-refractivity contribution is 6.31. The predicted molar refractivity (Wildman–Crippen MR) is 66.1 cm³/mol. The molecular formula is C13H11ClO3. The normalized spacial score (nSPS) is 10.5. The number of phenolic OH excluding ortho intramolecular Hbond substituents is 1. The number of phenols is 1. The zero-order chi connectivity index (χ0) is 12.4. The quantitative estimate of drug-likeness (QED) is 0.832. The average Bonchev–Trinajstić information content (AvgIpc) is 2.27. The van der Waals surface area contributed by atoms with Crippen molar-refractivity contribution < 1.29 is 14.6 Å². The highest BCUT2D eigenvalue weighted by Gasteiger charge is 2.05. The Morgan fingerprint density at radius 3 is 2.82 bits per heavy atom. The molecule has 0 aromatic heterocycles. The van der Waals surface area contributed by atoms with Crippen LogP contribution in [0.2, 0.25) is 5.02 Å². The molecule has 0 aliphatic heterocycles. The van der Waals surface area contributed by atoms with Crippen LogP contribution < -0.4 is 0 Å². The third-order valence-corrected chi connectivity index (χ3v) is 2.63. The summed E-state index contributed by atoms with van der Waals surface area (Å²) in [5, 5.41) is 12.0. The van der Waals surface area contributed by atoms with Gasteiger partial charge in [-0.15, -0.1) is 0 Å². The topological polar surface area (TPSA) is 46.5 Å². The van der Waals surface area contributed by atoms with E-state index >= 15 is 0 Å². The molecule has 3 nitrogen and oxygen atoms in total. The summed E-state index contributed by atoms with van der Waals surface area (Å²) in [6.07, 6.45) is 0. The fraction of sp³-hybridized carbons (Fsp3) is 0.154. The first-order chi connectivity index (χ1) is 8.06. The van der Waals surface area contributed by atoms with Crippen molar-refractivity contribution in [1.82, 2.24) is 0 Å². The molecule has 2 aromatic rings. The van der Waals surface area contributed by atoms with Gasteiger partial charge in [0, 0.05) is 17.3 Å². The first kappa shape index (κ1) is 11.7. The summed E-state index contributed by atoms with van der Waals surface area (Å²) in [7, 11) is 0. The average molecular weight is 251 g/mol. The largest absolute Gasteiger partial charge is 0.507 e. The Kier molecular flexibility index (Phi) is 3.20. The van der Waals surface area contributed by atoms with Crippen LogP contribution in [0.15, 0.2) is 30.3 Å². The lowest BCUT2D eigenvalue weighted by Crippen LogP contribution is -1.98. The minimum absolute atomic E-state index is 0.132. The number of benzene rings is 2. The molecule has 0 heterocycles. The number of esters is 1. The van der Waals surface area contributed by atoms with E-state index in [-0.39, 0.29) is 18.3 Å². The fourth-order valence-corrected chi connectivity index (χ4v) is 1.81. The number of carbonyl (C=O) groups excluding carboxylic acids is 1. The van der Waals surface area contributed by atoms with Crippen LogP contribution in [-0.2, 0) is 16.1 Å². The molecule has 17 heavy (non-hydrogen) atoms. The summed E-state index contributed by atoms with van der Waals surface area (Å²) in [5.74, 6) is -0.215. The predicted octanol–water partition coefficient (Wildman–Crippen LogP) is 3.26. The molecule has 0 radical (unpaired) electrons. The molecule has 0 saturated carbocycles. The van der Waals surface area contributed by atoms with Crippen LogP contribution >= 0.6 is 11.6 Å². The van der Waals surface area contributed by atoms with E-state index in [2.05, 4.69) is 0 Å². The first-order valence-corrected chi connectivity index (χ1v) is 5.48. The highest BCUT2D eigenvalue weighted by Crippen LogP contribution is 2.29. The molecule has 0 amide bonds. The Labute approximate surface area is 104 Å². The zero-order valence-electron chi connectivity index (χ0n) is 9.24. The van der Waals surface area contributed by atoms with Crippen LogP contribution in [0.1, 0.15) is 12.5 Å². The number of halogens is 1. The smallest absolute Gasteiger partial charge is 0.302 e. The summed E-state index contributed by atoms with van der Waals surface area (Å²) in [6, 6.07) is 8.69. The number of aromatic hydroxyl groups is 1. The van der Waals surface area contributed by atoms with Gasteiger partial charge in [-0.1, -0.05) is 17.7 Å². The molecule has 0 aliphatic carbocycles. The maximum absolute atomic E-state index is 10.7. The van der Waals surface area contributed by atoms with Crippen molar-refractivity contribution in [3.63, 3.8) is 0 Å². The van der Waals surface area contributed by atoms with Crippen molar-refractivity contribution in [2.45, 2.75) is 13.5 Å². The van der Waals surface area contributed by atoms with Gasteiger partial charge in [-0.25, -0.2) is 0 Å². The third kappa shape index (κ3) is 2.68. The van der Waals surface area contributed by atoms with Gasteiger partial charge in [0.05, 0.1) is 0 Å². The molecule has 0 fully saturated rings. The zero-order valence-corrected chi connectivity index (χ0v) is 9.99. The Balaban J connectivity index is 2.41. The summed E-state index contributed by atoms with van der Waals surface area (Å²) in [5.41, 5.74) is 0.743. The molecule has 0 saturated heterocycles. The van der Waals surface area contributed by atoms with E-state index in [1.54, 1.807) is 18.2 Å². The van der Waals surface area contributed by atoms with Crippen molar-refractivity contribution in [2.24, 2.45) is 0 Å². The molecule has 0 atom stereocenters. The molecule has 0 bridgehead atoms. The summed E-state index contributed by atoms with van der Waals surface area (Å²) >= 11 is 5.85. The number of hydrogen-bond donors (Lipinski definition) is 1. The molecular weight excluding hydrogens is 240 g/mol. The molecule has 0 aliphatic rings. The molecule has 1 N–H and O–H groups in total. The number of fused-ring (bicyclic) bond motifs is 1. The van der Waals surface area contributed by atoms with Gasteiger partial charge in [-0.2, -0.15) is 0 Å². The van der Waals surface area contributed by atoms with Gasteiger partial charge in [0.25, 0.3) is 0 Å². The maximum Gasteiger partial charge on any atom is 0.302 e. The standard InChI is InChI=1S/C13H11ClO3/c1-8(15)17-7-9-4-10-2-3-11(14)6-12(10)13(16)5-9/h2-6,16H,7H2,1H3. The number of rotatable bonds is 2. The number of hydrogen-bond acceptors (Lipinski definition) is 3. The Morgan fingerprint density at radius 2 is 2.12 bits per heavy atom. The second-order valence-electron chi connectivity index (χ2n) is 3.76. The van der Waals surface area contributed by atoms with Crippen LogP contribution in [0.3, 0.4) is 0 Å². The van der Waals surface area contributed by atoms with Crippen LogP contribution in [0, 0.1) is 0 Å². The molecule has 2 aromatic carbocycles. The second kappa shape index (κ2) is 4.63. The van der Waals surface area contributed by atoms with E-state index < -0.39 is 0 Å². The van der Waals surface area contributed by atoms with Gasteiger partial charge < -0.3 is 9.84 Å². The maximum atomic E-state index is 10.7. The molecule has 0 spiro atoms. The van der Waals surface area contributed by atoms with Crippen molar-refractivity contribution >= 4 is 28.3 Å².